The van der Waals surface area contributed by atoms with Crippen molar-refractivity contribution in [2.45, 2.75) is 26.8 Å². The van der Waals surface area contributed by atoms with Gasteiger partial charge in [0.1, 0.15) is 23.9 Å². The third-order valence-electron chi connectivity index (χ3n) is 4.82. The van der Waals surface area contributed by atoms with Crippen LogP contribution in [0.3, 0.4) is 0 Å². The summed E-state index contributed by atoms with van der Waals surface area (Å²) >= 11 is 0. The Morgan fingerprint density at radius 1 is 0.970 bits per heavy atom. The Morgan fingerprint density at radius 2 is 1.64 bits per heavy atom. The van der Waals surface area contributed by atoms with Gasteiger partial charge in [0.05, 0.1) is 12.1 Å². The largest absolute Gasteiger partial charge is 0.573 e. The van der Waals surface area contributed by atoms with E-state index in [1.165, 1.54) is 18.2 Å². The van der Waals surface area contributed by atoms with E-state index in [4.69, 9.17) is 4.74 Å². The van der Waals surface area contributed by atoms with Gasteiger partial charge in [-0.3, -0.25) is 4.79 Å². The zero-order valence-corrected chi connectivity index (χ0v) is 18.2. The Balaban J connectivity index is 0.00000149. The van der Waals surface area contributed by atoms with E-state index in [2.05, 4.69) is 4.74 Å². The van der Waals surface area contributed by atoms with Gasteiger partial charge in [0.15, 0.2) is 0 Å². The standard InChI is InChI=1S/C23H17F4NO3.C2H6/c24-20-13-21-19(12-18(20)16-6-8-17(9-7-16)31-23(25,26)27)22(29)28(10-11-30-21)14-15-4-2-1-3-5-15;1-2/h1-9,12-13H,10-11,14H2;1-2H3. The number of halogens is 4. The predicted octanol–water partition coefficient (Wildman–Crippen LogP) is 6.45. The summed E-state index contributed by atoms with van der Waals surface area (Å²) in [5.74, 6) is -1.24. The van der Waals surface area contributed by atoms with Crippen LogP contribution in [0.4, 0.5) is 17.6 Å². The molecule has 1 aliphatic rings. The lowest BCUT2D eigenvalue weighted by atomic mass is 10.0. The molecule has 0 fully saturated rings. The lowest BCUT2D eigenvalue weighted by Gasteiger charge is -2.20. The van der Waals surface area contributed by atoms with Crippen LogP contribution in [-0.4, -0.2) is 30.3 Å². The van der Waals surface area contributed by atoms with Crippen molar-refractivity contribution in [2.75, 3.05) is 13.2 Å². The summed E-state index contributed by atoms with van der Waals surface area (Å²) in [6.45, 7) is 4.93. The lowest BCUT2D eigenvalue weighted by molar-refractivity contribution is -0.274. The number of hydrogen-bond acceptors (Lipinski definition) is 3. The van der Waals surface area contributed by atoms with Gasteiger partial charge in [-0.15, -0.1) is 13.2 Å². The molecule has 0 saturated heterocycles. The van der Waals surface area contributed by atoms with Crippen LogP contribution in [0.25, 0.3) is 11.1 Å². The molecule has 8 heteroatoms. The summed E-state index contributed by atoms with van der Waals surface area (Å²) in [6, 6.07) is 16.7. The number of carbonyl (C=O) groups excluding carboxylic acids is 1. The van der Waals surface area contributed by atoms with Crippen LogP contribution >= 0.6 is 0 Å². The Labute approximate surface area is 189 Å². The Hall–Kier alpha value is -3.55. The maximum atomic E-state index is 14.7. The number of hydrogen-bond donors (Lipinski definition) is 0. The number of nitrogens with zero attached hydrogens (tertiary/aromatic N) is 1. The Kier molecular flexibility index (Phi) is 7.58. The molecular weight excluding hydrogens is 438 g/mol. The molecule has 0 spiro atoms. The first-order chi connectivity index (χ1) is 15.8. The SMILES string of the molecule is CC.O=C1c2cc(-c3ccc(OC(F)(F)F)cc3)c(F)cc2OCCN1Cc1ccccc1. The fourth-order valence-corrected chi connectivity index (χ4v) is 3.39. The summed E-state index contributed by atoms with van der Waals surface area (Å²) in [5.41, 5.74) is 1.53. The monoisotopic (exact) mass is 461 g/mol. The van der Waals surface area contributed by atoms with Crippen molar-refractivity contribution in [2.24, 2.45) is 0 Å². The van der Waals surface area contributed by atoms with Crippen LogP contribution in [0.1, 0.15) is 29.8 Å². The molecule has 3 aromatic rings. The average molecular weight is 461 g/mol. The van der Waals surface area contributed by atoms with Crippen molar-refractivity contribution < 1.29 is 31.8 Å². The molecule has 0 atom stereocenters. The number of alkyl halides is 3. The van der Waals surface area contributed by atoms with Gasteiger partial charge in [0, 0.05) is 18.2 Å². The van der Waals surface area contributed by atoms with Crippen molar-refractivity contribution >= 4 is 5.91 Å². The summed E-state index contributed by atoms with van der Waals surface area (Å²) in [7, 11) is 0. The number of ether oxygens (including phenoxy) is 2. The predicted molar refractivity (Wildman–Crippen MR) is 117 cm³/mol. The second-order valence-corrected chi connectivity index (χ2v) is 6.96. The van der Waals surface area contributed by atoms with E-state index in [-0.39, 0.29) is 29.4 Å². The van der Waals surface area contributed by atoms with Crippen LogP contribution in [0.5, 0.6) is 11.5 Å². The van der Waals surface area contributed by atoms with E-state index in [1.54, 1.807) is 4.90 Å². The number of fused-ring (bicyclic) bond motifs is 1. The van der Waals surface area contributed by atoms with E-state index in [9.17, 15) is 22.4 Å². The van der Waals surface area contributed by atoms with Crippen LogP contribution < -0.4 is 9.47 Å². The molecule has 4 nitrogen and oxygen atoms in total. The van der Waals surface area contributed by atoms with E-state index in [1.807, 2.05) is 44.2 Å². The van der Waals surface area contributed by atoms with Crippen LogP contribution in [0.2, 0.25) is 0 Å². The highest BCUT2D eigenvalue weighted by atomic mass is 19.4. The first-order valence-corrected chi connectivity index (χ1v) is 10.5. The second-order valence-electron chi connectivity index (χ2n) is 6.96. The fraction of sp³-hybridized carbons (Fsp3) is 0.240. The minimum absolute atomic E-state index is 0.0795. The van der Waals surface area contributed by atoms with E-state index < -0.39 is 17.9 Å². The van der Waals surface area contributed by atoms with Gasteiger partial charge >= 0.3 is 6.36 Å². The zero-order valence-electron chi connectivity index (χ0n) is 18.2. The molecule has 0 unspecified atom stereocenters. The first kappa shape index (κ1) is 24.1. The van der Waals surface area contributed by atoms with E-state index >= 15 is 0 Å². The molecule has 174 valence electrons. The van der Waals surface area contributed by atoms with Gasteiger partial charge in [0.25, 0.3) is 5.91 Å². The lowest BCUT2D eigenvalue weighted by Crippen LogP contribution is -2.31. The van der Waals surface area contributed by atoms with Crippen molar-refractivity contribution in [3.8, 4) is 22.6 Å². The molecule has 4 rings (SSSR count). The molecule has 1 amide bonds. The number of carbonyl (C=O) groups is 1. The molecule has 3 aromatic carbocycles. The first-order valence-electron chi connectivity index (χ1n) is 10.5. The molecule has 33 heavy (non-hydrogen) atoms. The zero-order chi connectivity index (χ0) is 24.0. The van der Waals surface area contributed by atoms with Crippen molar-refractivity contribution in [3.05, 3.63) is 83.7 Å². The number of benzene rings is 3. The molecule has 0 N–H and O–H groups in total. The second kappa shape index (κ2) is 10.4. The molecule has 0 aliphatic carbocycles. The normalized spacial score (nSPS) is 13.3. The van der Waals surface area contributed by atoms with Gasteiger partial charge in [-0.05, 0) is 29.3 Å². The van der Waals surface area contributed by atoms with E-state index in [0.29, 0.717) is 18.7 Å². The topological polar surface area (TPSA) is 38.8 Å². The average Bonchev–Trinajstić information content (AvgIpc) is 2.93. The van der Waals surface area contributed by atoms with Crippen LogP contribution in [0, 0.1) is 5.82 Å². The summed E-state index contributed by atoms with van der Waals surface area (Å²) in [4.78, 5) is 14.7. The van der Waals surface area contributed by atoms with Gasteiger partial charge in [-0.25, -0.2) is 4.39 Å². The van der Waals surface area contributed by atoms with E-state index in [0.717, 1.165) is 23.8 Å². The summed E-state index contributed by atoms with van der Waals surface area (Å²) in [5, 5.41) is 0. The fourth-order valence-electron chi connectivity index (χ4n) is 3.39. The van der Waals surface area contributed by atoms with Crippen molar-refractivity contribution in [1.29, 1.82) is 0 Å². The number of rotatable bonds is 4. The smallest absolute Gasteiger partial charge is 0.491 e. The van der Waals surface area contributed by atoms with Crippen molar-refractivity contribution in [3.63, 3.8) is 0 Å². The van der Waals surface area contributed by atoms with Gasteiger partial charge in [-0.2, -0.15) is 0 Å². The van der Waals surface area contributed by atoms with Crippen LogP contribution in [-0.2, 0) is 6.54 Å². The van der Waals surface area contributed by atoms with Gasteiger partial charge < -0.3 is 14.4 Å². The highest BCUT2D eigenvalue weighted by Gasteiger charge is 2.31. The highest BCUT2D eigenvalue weighted by molar-refractivity contribution is 5.98. The molecule has 0 bridgehead atoms. The molecule has 0 aromatic heterocycles. The van der Waals surface area contributed by atoms with Crippen molar-refractivity contribution in [1.82, 2.24) is 4.90 Å². The Bertz CT molecular complexity index is 1080. The molecule has 1 aliphatic heterocycles. The maximum absolute atomic E-state index is 14.7. The van der Waals surface area contributed by atoms with Gasteiger partial charge in [-0.1, -0.05) is 56.3 Å². The number of amides is 1. The minimum Gasteiger partial charge on any atom is -0.491 e. The third kappa shape index (κ3) is 6.03. The van der Waals surface area contributed by atoms with Crippen LogP contribution in [0.15, 0.2) is 66.7 Å². The quantitative estimate of drug-likeness (QED) is 0.419. The summed E-state index contributed by atoms with van der Waals surface area (Å²) in [6.07, 6.45) is -4.82. The molecular formula is C25H23F4NO3. The maximum Gasteiger partial charge on any atom is 0.573 e. The Morgan fingerprint density at radius 3 is 2.27 bits per heavy atom. The minimum atomic E-state index is -4.82. The molecule has 0 saturated carbocycles. The molecule has 1 heterocycles. The third-order valence-corrected chi connectivity index (χ3v) is 4.82. The highest BCUT2D eigenvalue weighted by Crippen LogP contribution is 2.33. The molecule has 0 radical (unpaired) electrons. The summed E-state index contributed by atoms with van der Waals surface area (Å²) < 4.78 is 61.2. The van der Waals surface area contributed by atoms with Gasteiger partial charge in [0.2, 0.25) is 0 Å².